The predicted molar refractivity (Wildman–Crippen MR) is 326 cm³/mol. The van der Waals surface area contributed by atoms with Crippen molar-refractivity contribution in [1.29, 1.82) is 0 Å². The second-order valence-corrected chi connectivity index (χ2v) is 25.6. The van der Waals surface area contributed by atoms with Crippen molar-refractivity contribution in [3.05, 3.63) is 198 Å². The average Bonchev–Trinajstić information content (AvgIpc) is 3.76. The third-order valence-corrected chi connectivity index (χ3v) is 17.3. The van der Waals surface area contributed by atoms with Gasteiger partial charge in [-0.1, -0.05) is 165 Å². The molecule has 376 valence electrons. The van der Waals surface area contributed by atoms with Gasteiger partial charge in [-0.05, 0) is 162 Å². The van der Waals surface area contributed by atoms with Gasteiger partial charge in [0.15, 0.2) is 11.5 Å². The van der Waals surface area contributed by atoms with E-state index < -0.39 is 0 Å². The van der Waals surface area contributed by atoms with Crippen LogP contribution < -0.4 is 35.7 Å². The highest BCUT2D eigenvalue weighted by atomic mass is 32.1. The van der Waals surface area contributed by atoms with Gasteiger partial charge in [0.2, 0.25) is 0 Å². The SMILES string of the molecule is Cc1cc2c3c(c1)N(c1ccc4c(c1)OCCCO4)c1ccc(C(C)(C)C)cc1B3c1cc(-c3ccc4c(c3)sc3ccccc34)ccc1N2c1cc(-c2ccc(C(C)(C)C)cc2)cc(-c2ccc(C(C)(C)C)cc2)c1. The first-order valence-electron chi connectivity index (χ1n) is 27.2. The summed E-state index contributed by atoms with van der Waals surface area (Å²) in [6.45, 7) is 24.2. The van der Waals surface area contributed by atoms with Crippen molar-refractivity contribution in [2.45, 2.75) is 91.9 Å². The first-order valence-corrected chi connectivity index (χ1v) is 28.0. The Balaban J connectivity index is 1.09. The maximum absolute atomic E-state index is 6.42. The van der Waals surface area contributed by atoms with Gasteiger partial charge in [0, 0.05) is 61.1 Å². The summed E-state index contributed by atoms with van der Waals surface area (Å²) in [6, 6.07) is 67.5. The van der Waals surface area contributed by atoms with Crippen LogP contribution in [0.15, 0.2) is 176 Å². The molecule has 0 amide bonds. The van der Waals surface area contributed by atoms with Gasteiger partial charge in [0.25, 0.3) is 6.71 Å². The maximum atomic E-state index is 6.42. The Labute approximate surface area is 453 Å². The third kappa shape index (κ3) is 8.28. The third-order valence-electron chi connectivity index (χ3n) is 16.1. The van der Waals surface area contributed by atoms with Crippen LogP contribution in [0.2, 0.25) is 0 Å². The number of hydrogen-bond donors (Lipinski definition) is 0. The van der Waals surface area contributed by atoms with Gasteiger partial charge in [0.1, 0.15) is 0 Å². The minimum Gasteiger partial charge on any atom is -0.490 e. The van der Waals surface area contributed by atoms with E-state index in [1.54, 1.807) is 0 Å². The smallest absolute Gasteiger partial charge is 0.252 e. The molecule has 4 heterocycles. The number of anilines is 6. The van der Waals surface area contributed by atoms with Gasteiger partial charge in [-0.2, -0.15) is 0 Å². The lowest BCUT2D eigenvalue weighted by atomic mass is 9.33. The van der Waals surface area contributed by atoms with Crippen LogP contribution >= 0.6 is 11.3 Å². The summed E-state index contributed by atoms with van der Waals surface area (Å²) in [6.07, 6.45) is 0.849. The van der Waals surface area contributed by atoms with Crippen molar-refractivity contribution in [3.63, 3.8) is 0 Å². The maximum Gasteiger partial charge on any atom is 0.252 e. The van der Waals surface area contributed by atoms with Gasteiger partial charge >= 0.3 is 0 Å². The van der Waals surface area contributed by atoms with E-state index in [0.717, 1.165) is 29.3 Å². The van der Waals surface area contributed by atoms with Gasteiger partial charge in [-0.15, -0.1) is 11.3 Å². The Morgan fingerprint density at radius 3 is 1.58 bits per heavy atom. The van der Waals surface area contributed by atoms with Crippen molar-refractivity contribution in [2.24, 2.45) is 0 Å². The van der Waals surface area contributed by atoms with Gasteiger partial charge in [0.05, 0.1) is 18.9 Å². The molecule has 0 bridgehead atoms. The van der Waals surface area contributed by atoms with E-state index in [4.69, 9.17) is 9.47 Å². The molecule has 9 aromatic carbocycles. The highest BCUT2D eigenvalue weighted by Crippen LogP contribution is 2.49. The highest BCUT2D eigenvalue weighted by molar-refractivity contribution is 7.25. The van der Waals surface area contributed by atoms with E-state index >= 15 is 0 Å². The van der Waals surface area contributed by atoms with Crippen LogP contribution in [-0.2, 0) is 16.2 Å². The minimum absolute atomic E-state index is 0.0421. The van der Waals surface area contributed by atoms with E-state index in [9.17, 15) is 0 Å². The highest BCUT2D eigenvalue weighted by Gasteiger charge is 2.44. The van der Waals surface area contributed by atoms with Gasteiger partial charge < -0.3 is 19.3 Å². The molecule has 4 nitrogen and oxygen atoms in total. The van der Waals surface area contributed by atoms with Crippen LogP contribution in [0.5, 0.6) is 11.5 Å². The lowest BCUT2D eigenvalue weighted by Gasteiger charge is -2.45. The minimum atomic E-state index is -0.0798. The molecule has 0 fully saturated rings. The van der Waals surface area contributed by atoms with Crippen LogP contribution in [0.25, 0.3) is 53.6 Å². The van der Waals surface area contributed by atoms with Crippen LogP contribution in [0.4, 0.5) is 34.1 Å². The Kier molecular flexibility index (Phi) is 11.3. The zero-order valence-corrected chi connectivity index (χ0v) is 46.4. The average molecular weight is 1010 g/mol. The topological polar surface area (TPSA) is 24.9 Å². The molecule has 6 heteroatoms. The van der Waals surface area contributed by atoms with Gasteiger partial charge in [-0.25, -0.2) is 0 Å². The molecule has 0 aliphatic carbocycles. The summed E-state index contributed by atoms with van der Waals surface area (Å²) in [5, 5.41) is 2.63. The molecule has 0 spiro atoms. The molecule has 3 aliphatic heterocycles. The fourth-order valence-corrected chi connectivity index (χ4v) is 13.1. The van der Waals surface area contributed by atoms with E-state index in [1.165, 1.54) is 115 Å². The van der Waals surface area contributed by atoms with Crippen molar-refractivity contribution in [1.82, 2.24) is 0 Å². The molecular formula is C70H65BN2O2S. The summed E-state index contributed by atoms with van der Waals surface area (Å²) < 4.78 is 15.3. The predicted octanol–water partition coefficient (Wildman–Crippen LogP) is 17.5. The van der Waals surface area contributed by atoms with Crippen LogP contribution in [-0.4, -0.2) is 19.9 Å². The lowest BCUT2D eigenvalue weighted by Crippen LogP contribution is -2.61. The standard InChI is InChI=1S/C70H65BN2O2S/c1-43-34-61-67-62(35-43)73(54-37-48(44-16-22-50(23-17-44)68(2,3)4)36-49(38-54)45-18-24-51(25-19-45)69(5,6)7)59-29-21-46(47-20-28-56-55-14-11-12-15-65(55)76-66(56)40-47)39-57(59)71(67)58-41-52(70(8,9)10)26-30-60(58)72(61)53-27-31-63-64(42-53)75-33-13-32-74-63/h11-12,14-31,34-42H,13,32-33H2,1-10H3. The first kappa shape index (κ1) is 48.1. The Morgan fingerprint density at radius 2 is 0.934 bits per heavy atom. The molecule has 0 saturated heterocycles. The quantitative estimate of drug-likeness (QED) is 0.160. The molecule has 76 heavy (non-hydrogen) atoms. The molecule has 10 aromatic rings. The molecule has 1 aromatic heterocycles. The number of nitrogens with zero attached hydrogens (tertiary/aromatic N) is 2. The lowest BCUT2D eigenvalue weighted by molar-refractivity contribution is 0.297. The molecule has 0 saturated carbocycles. The Hall–Kier alpha value is -7.54. The second kappa shape index (κ2) is 17.8. The molecular weight excluding hydrogens is 944 g/mol. The number of thiophene rings is 1. The fraction of sp³-hybridized carbons (Fsp3) is 0.229. The van der Waals surface area contributed by atoms with E-state index in [1.807, 2.05) is 11.3 Å². The number of fused-ring (bicyclic) bond motifs is 8. The molecule has 0 N–H and O–H groups in total. The van der Waals surface area contributed by atoms with Crippen LogP contribution in [0, 0.1) is 6.92 Å². The van der Waals surface area contributed by atoms with Crippen molar-refractivity contribution >= 4 is 88.7 Å². The van der Waals surface area contributed by atoms with Crippen LogP contribution in [0.1, 0.15) is 91.0 Å². The van der Waals surface area contributed by atoms with Crippen molar-refractivity contribution in [2.75, 3.05) is 23.0 Å². The summed E-state index contributed by atoms with van der Waals surface area (Å²) in [7, 11) is 0. The summed E-state index contributed by atoms with van der Waals surface area (Å²) >= 11 is 1.88. The molecule has 0 atom stereocenters. The zero-order chi connectivity index (χ0) is 52.4. The molecule has 3 aliphatic rings. The second-order valence-electron chi connectivity index (χ2n) is 24.5. The largest absolute Gasteiger partial charge is 0.490 e. The molecule has 0 unspecified atom stereocenters. The Bertz CT molecular complexity index is 3870. The first-order chi connectivity index (χ1) is 36.4. The Morgan fingerprint density at radius 1 is 0.408 bits per heavy atom. The number of rotatable bonds is 5. The number of ether oxygens (including phenoxy) is 2. The monoisotopic (exact) mass is 1010 g/mol. The zero-order valence-electron chi connectivity index (χ0n) is 45.6. The normalized spacial score (nSPS) is 14.2. The number of hydrogen-bond acceptors (Lipinski definition) is 5. The van der Waals surface area contributed by atoms with E-state index in [-0.39, 0.29) is 23.0 Å². The summed E-state index contributed by atoms with van der Waals surface area (Å²) in [5.41, 5.74) is 23.1. The van der Waals surface area contributed by atoms with Gasteiger partial charge in [-0.3, -0.25) is 0 Å². The molecule has 13 rings (SSSR count). The van der Waals surface area contributed by atoms with Crippen molar-refractivity contribution < 1.29 is 9.47 Å². The molecule has 0 radical (unpaired) electrons. The summed E-state index contributed by atoms with van der Waals surface area (Å²) in [4.78, 5) is 5.08. The fourth-order valence-electron chi connectivity index (χ4n) is 11.9. The summed E-state index contributed by atoms with van der Waals surface area (Å²) in [5.74, 6) is 1.58. The van der Waals surface area contributed by atoms with E-state index in [2.05, 4.69) is 255 Å². The van der Waals surface area contributed by atoms with Crippen LogP contribution in [0.3, 0.4) is 0 Å². The number of aryl methyl sites for hydroxylation is 1. The number of benzene rings is 9. The van der Waals surface area contributed by atoms with E-state index in [0.29, 0.717) is 13.2 Å². The van der Waals surface area contributed by atoms with Crippen molar-refractivity contribution in [3.8, 4) is 44.9 Å².